The number of aromatic nitrogens is 2. The minimum atomic E-state index is -0.547. The minimum Gasteiger partial charge on any atom is -0.496 e. The van der Waals surface area contributed by atoms with E-state index < -0.39 is 6.04 Å². The molecule has 1 N–H and O–H groups in total. The van der Waals surface area contributed by atoms with Gasteiger partial charge in [-0.1, -0.05) is 42.8 Å². The molecule has 1 aliphatic heterocycles. The molecule has 0 saturated heterocycles. The van der Waals surface area contributed by atoms with Crippen molar-refractivity contribution < 1.29 is 14.3 Å². The second kappa shape index (κ2) is 9.12. The molecule has 2 aromatic carbocycles. The number of hydrogen-bond donors (Lipinski definition) is 1. The molecule has 1 aromatic heterocycles. The highest BCUT2D eigenvalue weighted by atomic mass is 79.9. The lowest BCUT2D eigenvalue weighted by atomic mass is 9.86. The van der Waals surface area contributed by atoms with Gasteiger partial charge in [-0.2, -0.15) is 5.10 Å². The van der Waals surface area contributed by atoms with Crippen LogP contribution in [0.15, 0.2) is 70.3 Å². The Morgan fingerprint density at radius 3 is 2.66 bits per heavy atom. The second-order valence-electron chi connectivity index (χ2n) is 7.71. The number of nitrogens with zero attached hydrogens (tertiary/aromatic N) is 2. The van der Waals surface area contributed by atoms with Crippen LogP contribution < -0.4 is 10.1 Å². The maximum absolute atomic E-state index is 12.9. The van der Waals surface area contributed by atoms with Crippen molar-refractivity contribution in [3.63, 3.8) is 0 Å². The molecule has 1 amide bonds. The lowest BCUT2D eigenvalue weighted by Gasteiger charge is -2.27. The van der Waals surface area contributed by atoms with Gasteiger partial charge in [-0.3, -0.25) is 9.59 Å². The summed E-state index contributed by atoms with van der Waals surface area (Å²) in [5.41, 5.74) is 4.71. The highest BCUT2D eigenvalue weighted by molar-refractivity contribution is 9.10. The number of Topliss-reactive ketones (excluding diaryl/α,β-unsaturated/α-hetero) is 1. The van der Waals surface area contributed by atoms with Crippen molar-refractivity contribution in [3.8, 4) is 22.7 Å². The lowest BCUT2D eigenvalue weighted by Crippen LogP contribution is -2.36. The number of halogens is 1. The maximum atomic E-state index is 12.9. The smallest absolute Gasteiger partial charge is 0.224 e. The Bertz CT molecular complexity index is 1210. The Kier molecular flexibility index (Phi) is 6.28. The number of methoxy groups -OCH3 is 1. The van der Waals surface area contributed by atoms with Crippen LogP contribution in [0.2, 0.25) is 0 Å². The highest BCUT2D eigenvalue weighted by Gasteiger charge is 2.33. The van der Waals surface area contributed by atoms with Crippen LogP contribution in [0.25, 0.3) is 16.9 Å². The molecule has 0 bridgehead atoms. The number of carbonyl (C=O) groups excluding carboxylic acids is 2. The third-order valence-corrected chi connectivity index (χ3v) is 6.22. The normalized spacial score (nSPS) is 16.1. The van der Waals surface area contributed by atoms with Gasteiger partial charge in [0.15, 0.2) is 5.78 Å². The van der Waals surface area contributed by atoms with Crippen LogP contribution in [0.1, 0.15) is 38.3 Å². The van der Waals surface area contributed by atoms with Crippen molar-refractivity contribution in [1.82, 2.24) is 15.1 Å². The van der Waals surface area contributed by atoms with E-state index in [1.807, 2.05) is 68.6 Å². The zero-order valence-corrected chi connectivity index (χ0v) is 19.8. The van der Waals surface area contributed by atoms with Gasteiger partial charge in [-0.05, 0) is 41.1 Å². The lowest BCUT2D eigenvalue weighted by molar-refractivity contribution is -0.122. The Labute approximate surface area is 195 Å². The van der Waals surface area contributed by atoms with Gasteiger partial charge in [0.2, 0.25) is 5.91 Å². The van der Waals surface area contributed by atoms with E-state index in [4.69, 9.17) is 9.84 Å². The van der Waals surface area contributed by atoms with Crippen LogP contribution in [-0.4, -0.2) is 28.6 Å². The van der Waals surface area contributed by atoms with Crippen molar-refractivity contribution in [2.75, 3.05) is 7.11 Å². The molecule has 3 aromatic rings. The summed E-state index contributed by atoms with van der Waals surface area (Å²) >= 11 is 3.53. The quantitative estimate of drug-likeness (QED) is 0.514. The molecule has 1 atom stereocenters. The fourth-order valence-corrected chi connectivity index (χ4v) is 4.57. The topological polar surface area (TPSA) is 73.2 Å². The number of benzene rings is 2. The van der Waals surface area contributed by atoms with Crippen molar-refractivity contribution >= 4 is 27.6 Å². The number of amides is 1. The van der Waals surface area contributed by atoms with Crippen LogP contribution in [0.4, 0.5) is 0 Å². The van der Waals surface area contributed by atoms with Crippen molar-refractivity contribution in [2.45, 2.75) is 32.7 Å². The average Bonchev–Trinajstić information content (AvgIpc) is 3.24. The Morgan fingerprint density at radius 2 is 2.00 bits per heavy atom. The predicted molar refractivity (Wildman–Crippen MR) is 127 cm³/mol. The van der Waals surface area contributed by atoms with E-state index >= 15 is 0 Å². The van der Waals surface area contributed by atoms with Crippen LogP contribution >= 0.6 is 15.9 Å². The number of ketones is 1. The summed E-state index contributed by atoms with van der Waals surface area (Å²) in [7, 11) is 1.62. The van der Waals surface area contributed by atoms with E-state index in [9.17, 15) is 9.59 Å². The summed E-state index contributed by atoms with van der Waals surface area (Å²) in [6.45, 7) is 3.70. The van der Waals surface area contributed by atoms with E-state index in [1.165, 1.54) is 0 Å². The van der Waals surface area contributed by atoms with Crippen molar-refractivity contribution in [2.24, 2.45) is 0 Å². The van der Waals surface area contributed by atoms with E-state index in [0.29, 0.717) is 12.0 Å². The third-order valence-electron chi connectivity index (χ3n) is 5.60. The zero-order valence-electron chi connectivity index (χ0n) is 18.2. The molecular weight excluding hydrogens is 470 g/mol. The maximum Gasteiger partial charge on any atom is 0.224 e. The first kappa shape index (κ1) is 22.0. The predicted octanol–water partition coefficient (Wildman–Crippen LogP) is 5.17. The molecule has 0 spiro atoms. The molecule has 0 fully saturated rings. The van der Waals surface area contributed by atoms with E-state index in [2.05, 4.69) is 21.2 Å². The molecule has 32 heavy (non-hydrogen) atoms. The molecule has 2 heterocycles. The average molecular weight is 494 g/mol. The summed E-state index contributed by atoms with van der Waals surface area (Å²) in [6.07, 6.45) is 2.50. The van der Waals surface area contributed by atoms with Gasteiger partial charge >= 0.3 is 0 Å². The van der Waals surface area contributed by atoms with Gasteiger partial charge in [-0.25, -0.2) is 4.68 Å². The van der Waals surface area contributed by atoms with E-state index in [-0.39, 0.29) is 18.1 Å². The minimum absolute atomic E-state index is 0.0338. The molecule has 1 unspecified atom stereocenters. The Balaban J connectivity index is 1.91. The standard InChI is InChI=1S/C25H24BrN3O3/c1-4-20(30)23-15(2)12-22(31)27-25(23)18-14-29(17-10-11-21(32-3)19(26)13-17)28-24(18)16-8-6-5-7-9-16/h5-11,13-14,25H,4,12H2,1-3H3,(H,27,31). The molecule has 7 heteroatoms. The number of nitrogens with one attached hydrogen (secondary N) is 1. The molecule has 4 rings (SSSR count). The number of ether oxygens (including phenoxy) is 1. The SMILES string of the molecule is CCC(=O)C1=C(C)CC(=O)NC1c1cn(-c2ccc(OC)c(Br)c2)nc1-c1ccccc1. The van der Waals surface area contributed by atoms with E-state index in [1.54, 1.807) is 11.8 Å². The third kappa shape index (κ3) is 4.12. The Morgan fingerprint density at radius 1 is 1.25 bits per heavy atom. The van der Waals surface area contributed by atoms with Gasteiger partial charge in [0.1, 0.15) is 5.75 Å². The first-order valence-corrected chi connectivity index (χ1v) is 11.2. The van der Waals surface area contributed by atoms with Crippen LogP contribution in [0.5, 0.6) is 5.75 Å². The molecule has 164 valence electrons. The van der Waals surface area contributed by atoms with Crippen LogP contribution in [0, 0.1) is 0 Å². The van der Waals surface area contributed by atoms with Gasteiger partial charge < -0.3 is 10.1 Å². The second-order valence-corrected chi connectivity index (χ2v) is 8.56. The fraction of sp³-hybridized carbons (Fsp3) is 0.240. The van der Waals surface area contributed by atoms with Crippen LogP contribution in [-0.2, 0) is 9.59 Å². The van der Waals surface area contributed by atoms with Gasteiger partial charge in [0.25, 0.3) is 0 Å². The Hall–Kier alpha value is -3.19. The molecular formula is C25H24BrN3O3. The molecule has 1 aliphatic rings. The van der Waals surface area contributed by atoms with Crippen LogP contribution in [0.3, 0.4) is 0 Å². The summed E-state index contributed by atoms with van der Waals surface area (Å²) in [5.74, 6) is 0.656. The molecule has 0 radical (unpaired) electrons. The number of rotatable bonds is 6. The monoisotopic (exact) mass is 493 g/mol. The molecule has 0 saturated carbocycles. The summed E-state index contributed by atoms with van der Waals surface area (Å²) in [4.78, 5) is 25.3. The van der Waals surface area contributed by atoms with Crippen molar-refractivity contribution in [1.29, 1.82) is 0 Å². The van der Waals surface area contributed by atoms with Gasteiger partial charge in [-0.15, -0.1) is 0 Å². The van der Waals surface area contributed by atoms with Gasteiger partial charge in [0.05, 0.1) is 29.0 Å². The molecule has 6 nitrogen and oxygen atoms in total. The summed E-state index contributed by atoms with van der Waals surface area (Å²) in [6, 6.07) is 14.9. The van der Waals surface area contributed by atoms with E-state index in [0.717, 1.165) is 38.3 Å². The largest absolute Gasteiger partial charge is 0.496 e. The highest BCUT2D eigenvalue weighted by Crippen LogP contribution is 2.37. The zero-order chi connectivity index (χ0) is 22.8. The molecule has 0 aliphatic carbocycles. The van der Waals surface area contributed by atoms with Gasteiger partial charge in [0, 0.05) is 35.7 Å². The number of hydrogen-bond acceptors (Lipinski definition) is 4. The number of carbonyl (C=O) groups is 2. The summed E-state index contributed by atoms with van der Waals surface area (Å²) in [5, 5.41) is 7.89. The van der Waals surface area contributed by atoms with Crippen molar-refractivity contribution in [3.05, 3.63) is 75.9 Å². The first-order valence-electron chi connectivity index (χ1n) is 10.4. The first-order chi connectivity index (χ1) is 15.4. The fourth-order valence-electron chi connectivity index (χ4n) is 4.04. The summed E-state index contributed by atoms with van der Waals surface area (Å²) < 4.78 is 7.91.